The van der Waals surface area contributed by atoms with E-state index in [0.717, 1.165) is 17.7 Å². The van der Waals surface area contributed by atoms with Gasteiger partial charge < -0.3 is 4.42 Å². The van der Waals surface area contributed by atoms with Crippen LogP contribution in [0.1, 0.15) is 17.9 Å². The van der Waals surface area contributed by atoms with Crippen LogP contribution in [-0.2, 0) is 0 Å². The van der Waals surface area contributed by atoms with Crippen molar-refractivity contribution in [3.63, 3.8) is 0 Å². The van der Waals surface area contributed by atoms with Crippen molar-refractivity contribution < 1.29 is 4.42 Å². The van der Waals surface area contributed by atoms with Crippen LogP contribution < -0.4 is 0 Å². The summed E-state index contributed by atoms with van der Waals surface area (Å²) in [6.07, 6.45) is 6.19. The molecule has 2 heterocycles. The van der Waals surface area contributed by atoms with Crippen LogP contribution in [0.2, 0.25) is 0 Å². The summed E-state index contributed by atoms with van der Waals surface area (Å²) in [5.74, 6) is 0.325. The Labute approximate surface area is 59.6 Å². The van der Waals surface area contributed by atoms with E-state index in [2.05, 4.69) is 11.9 Å². The zero-order chi connectivity index (χ0) is 6.97. The van der Waals surface area contributed by atoms with Gasteiger partial charge in [0.15, 0.2) is 0 Å². The van der Waals surface area contributed by atoms with Gasteiger partial charge in [-0.2, -0.15) is 0 Å². The zero-order valence-corrected chi connectivity index (χ0v) is 5.58. The van der Waals surface area contributed by atoms with E-state index < -0.39 is 0 Å². The van der Waals surface area contributed by atoms with Crippen LogP contribution in [-0.4, -0.2) is 6.21 Å². The SMILES string of the molecule is [CH2]C1CC=Nc2cocc21. The fraction of sp³-hybridized carbons (Fsp3) is 0.250. The number of nitrogens with zero attached hydrogens (tertiary/aromatic N) is 1. The van der Waals surface area contributed by atoms with Gasteiger partial charge in [-0.1, -0.05) is 0 Å². The predicted octanol–water partition coefficient (Wildman–Crippen LogP) is 2.30. The third-order valence-electron chi connectivity index (χ3n) is 1.73. The molecule has 1 aliphatic rings. The first-order chi connectivity index (χ1) is 4.88. The molecule has 0 saturated carbocycles. The lowest BCUT2D eigenvalue weighted by molar-refractivity contribution is 0.563. The lowest BCUT2D eigenvalue weighted by Gasteiger charge is -2.09. The third kappa shape index (κ3) is 0.685. The number of aliphatic imine (C=N–C) groups is 1. The van der Waals surface area contributed by atoms with Crippen molar-refractivity contribution in [3.05, 3.63) is 25.0 Å². The highest BCUT2D eigenvalue weighted by molar-refractivity contribution is 5.69. The van der Waals surface area contributed by atoms with Crippen molar-refractivity contribution in [1.29, 1.82) is 0 Å². The highest BCUT2D eigenvalue weighted by Crippen LogP contribution is 2.32. The van der Waals surface area contributed by atoms with Crippen molar-refractivity contribution >= 4 is 11.9 Å². The largest absolute Gasteiger partial charge is 0.470 e. The van der Waals surface area contributed by atoms with Gasteiger partial charge in [0.2, 0.25) is 0 Å². The van der Waals surface area contributed by atoms with Crippen molar-refractivity contribution in [1.82, 2.24) is 0 Å². The fourth-order valence-electron chi connectivity index (χ4n) is 1.12. The molecule has 0 aliphatic carbocycles. The normalized spacial score (nSPS) is 22.7. The molecule has 2 heteroatoms. The Morgan fingerprint density at radius 3 is 3.30 bits per heavy atom. The van der Waals surface area contributed by atoms with Crippen LogP contribution in [0, 0.1) is 6.92 Å². The molecule has 1 unspecified atom stereocenters. The molecular formula is C8H8NO. The molecule has 2 nitrogen and oxygen atoms in total. The number of furan rings is 1. The first kappa shape index (κ1) is 5.71. The summed E-state index contributed by atoms with van der Waals surface area (Å²) in [6.45, 7) is 3.96. The summed E-state index contributed by atoms with van der Waals surface area (Å²) in [5.41, 5.74) is 2.06. The Kier molecular flexibility index (Phi) is 1.13. The summed E-state index contributed by atoms with van der Waals surface area (Å²) < 4.78 is 4.98. The Balaban J connectivity index is 2.52. The second-order valence-electron chi connectivity index (χ2n) is 2.46. The van der Waals surface area contributed by atoms with E-state index in [0.29, 0.717) is 5.92 Å². The van der Waals surface area contributed by atoms with Gasteiger partial charge in [0, 0.05) is 11.8 Å². The molecule has 0 N–H and O–H groups in total. The molecule has 2 rings (SSSR count). The molecule has 0 fully saturated rings. The first-order valence-electron chi connectivity index (χ1n) is 3.29. The Morgan fingerprint density at radius 1 is 1.60 bits per heavy atom. The average Bonchev–Trinajstić information content (AvgIpc) is 2.36. The molecule has 1 atom stereocenters. The molecule has 0 aromatic carbocycles. The summed E-state index contributed by atoms with van der Waals surface area (Å²) >= 11 is 0. The Morgan fingerprint density at radius 2 is 2.50 bits per heavy atom. The molecule has 0 saturated heterocycles. The third-order valence-corrected chi connectivity index (χ3v) is 1.73. The zero-order valence-electron chi connectivity index (χ0n) is 5.58. The first-order valence-corrected chi connectivity index (χ1v) is 3.29. The maximum atomic E-state index is 4.98. The van der Waals surface area contributed by atoms with Gasteiger partial charge in [0.1, 0.15) is 12.0 Å². The molecule has 51 valence electrons. The Hall–Kier alpha value is -1.05. The van der Waals surface area contributed by atoms with Crippen LogP contribution in [0.3, 0.4) is 0 Å². The maximum Gasteiger partial charge on any atom is 0.116 e. The summed E-state index contributed by atoms with van der Waals surface area (Å²) in [6, 6.07) is 0. The minimum Gasteiger partial charge on any atom is -0.470 e. The van der Waals surface area contributed by atoms with E-state index in [1.54, 1.807) is 12.5 Å². The second-order valence-corrected chi connectivity index (χ2v) is 2.46. The van der Waals surface area contributed by atoms with Crippen molar-refractivity contribution in [2.24, 2.45) is 4.99 Å². The maximum absolute atomic E-state index is 4.98. The predicted molar refractivity (Wildman–Crippen MR) is 39.6 cm³/mol. The molecule has 1 aromatic heterocycles. The van der Waals surface area contributed by atoms with Crippen molar-refractivity contribution in [2.45, 2.75) is 12.3 Å². The van der Waals surface area contributed by atoms with Crippen molar-refractivity contribution in [2.75, 3.05) is 0 Å². The summed E-state index contributed by atoms with van der Waals surface area (Å²) in [7, 11) is 0. The van der Waals surface area contributed by atoms with Gasteiger partial charge >= 0.3 is 0 Å². The standard InChI is InChI=1S/C8H8NO/c1-6-2-3-9-8-5-10-4-7(6)8/h3-6H,1-2H2. The van der Waals surface area contributed by atoms with Crippen LogP contribution in [0.5, 0.6) is 0 Å². The number of rotatable bonds is 0. The van der Waals surface area contributed by atoms with E-state index >= 15 is 0 Å². The van der Waals surface area contributed by atoms with Gasteiger partial charge in [-0.05, 0) is 19.3 Å². The number of fused-ring (bicyclic) bond motifs is 1. The summed E-state index contributed by atoms with van der Waals surface area (Å²) in [4.78, 5) is 4.14. The second kappa shape index (κ2) is 1.97. The number of hydrogen-bond acceptors (Lipinski definition) is 2. The quantitative estimate of drug-likeness (QED) is 0.534. The Bertz CT molecular complexity index is 262. The van der Waals surface area contributed by atoms with E-state index in [1.807, 2.05) is 6.21 Å². The van der Waals surface area contributed by atoms with Gasteiger partial charge in [-0.15, -0.1) is 0 Å². The topological polar surface area (TPSA) is 25.5 Å². The van der Waals surface area contributed by atoms with Gasteiger partial charge in [-0.25, -0.2) is 0 Å². The van der Waals surface area contributed by atoms with Crippen LogP contribution in [0.4, 0.5) is 5.69 Å². The van der Waals surface area contributed by atoms with E-state index in [-0.39, 0.29) is 0 Å². The minimum atomic E-state index is 0.325. The molecule has 1 radical (unpaired) electrons. The molecule has 1 aliphatic heterocycles. The lowest BCUT2D eigenvalue weighted by atomic mass is 9.98. The van der Waals surface area contributed by atoms with Gasteiger partial charge in [0.05, 0.1) is 6.26 Å². The van der Waals surface area contributed by atoms with E-state index in [1.165, 1.54) is 0 Å². The highest BCUT2D eigenvalue weighted by atomic mass is 16.3. The molecular weight excluding hydrogens is 126 g/mol. The number of hydrogen-bond donors (Lipinski definition) is 0. The summed E-state index contributed by atoms with van der Waals surface area (Å²) in [5, 5.41) is 0. The van der Waals surface area contributed by atoms with E-state index in [9.17, 15) is 0 Å². The molecule has 1 aromatic rings. The average molecular weight is 134 g/mol. The smallest absolute Gasteiger partial charge is 0.116 e. The minimum absolute atomic E-state index is 0.325. The lowest BCUT2D eigenvalue weighted by Crippen LogP contribution is -1.96. The van der Waals surface area contributed by atoms with Crippen LogP contribution >= 0.6 is 0 Å². The van der Waals surface area contributed by atoms with Gasteiger partial charge in [-0.3, -0.25) is 4.99 Å². The van der Waals surface area contributed by atoms with E-state index in [4.69, 9.17) is 4.42 Å². The van der Waals surface area contributed by atoms with Crippen LogP contribution in [0.25, 0.3) is 0 Å². The molecule has 0 bridgehead atoms. The molecule has 0 spiro atoms. The highest BCUT2D eigenvalue weighted by Gasteiger charge is 2.14. The van der Waals surface area contributed by atoms with Crippen LogP contribution in [0.15, 0.2) is 21.9 Å². The molecule has 10 heavy (non-hydrogen) atoms. The molecule has 0 amide bonds. The fourth-order valence-corrected chi connectivity index (χ4v) is 1.12. The van der Waals surface area contributed by atoms with Gasteiger partial charge in [0.25, 0.3) is 0 Å². The van der Waals surface area contributed by atoms with Crippen molar-refractivity contribution in [3.8, 4) is 0 Å². The monoisotopic (exact) mass is 134 g/mol.